The van der Waals surface area contributed by atoms with Crippen LogP contribution in [0.25, 0.3) is 0 Å². The normalized spacial score (nSPS) is 22.2. The molecule has 1 atom stereocenters. The third kappa shape index (κ3) is 3.03. The highest BCUT2D eigenvalue weighted by atomic mass is 15.1. The molecule has 1 fully saturated rings. The molecule has 0 spiro atoms. The molecule has 1 unspecified atom stereocenters. The van der Waals surface area contributed by atoms with Crippen LogP contribution in [0.4, 0.5) is 0 Å². The predicted octanol–water partition coefficient (Wildman–Crippen LogP) is 1.77. The van der Waals surface area contributed by atoms with Crippen LogP contribution in [-0.4, -0.2) is 23.0 Å². The molecule has 1 aliphatic heterocycles. The van der Waals surface area contributed by atoms with E-state index in [4.69, 9.17) is 5.73 Å². The molecule has 0 amide bonds. The molecule has 0 aromatic carbocycles. The van der Waals surface area contributed by atoms with Gasteiger partial charge in [-0.3, -0.25) is 9.88 Å². The van der Waals surface area contributed by atoms with Crippen LogP contribution in [0.1, 0.15) is 31.2 Å². The summed E-state index contributed by atoms with van der Waals surface area (Å²) >= 11 is 0. The topological polar surface area (TPSA) is 42.1 Å². The monoisotopic (exact) mass is 219 g/mol. The highest BCUT2D eigenvalue weighted by Gasteiger charge is 2.16. The fourth-order valence-corrected chi connectivity index (χ4v) is 2.39. The van der Waals surface area contributed by atoms with Crippen LogP contribution in [-0.2, 0) is 13.1 Å². The Balaban J connectivity index is 1.97. The quantitative estimate of drug-likeness (QED) is 0.842. The van der Waals surface area contributed by atoms with Crippen molar-refractivity contribution in [2.75, 3.05) is 13.1 Å². The highest BCUT2D eigenvalue weighted by Crippen LogP contribution is 2.17. The molecule has 1 aromatic heterocycles. The van der Waals surface area contributed by atoms with Gasteiger partial charge in [0.2, 0.25) is 0 Å². The minimum Gasteiger partial charge on any atom is -0.325 e. The Kier molecular flexibility index (Phi) is 3.91. The number of piperidine rings is 1. The molecule has 3 nitrogen and oxygen atoms in total. The van der Waals surface area contributed by atoms with Gasteiger partial charge in [-0.2, -0.15) is 0 Å². The fraction of sp³-hybridized carbons (Fsp3) is 0.615. The van der Waals surface area contributed by atoms with Crippen LogP contribution in [0.3, 0.4) is 0 Å². The van der Waals surface area contributed by atoms with Crippen LogP contribution in [0.2, 0.25) is 0 Å². The minimum absolute atomic E-state index is 0.532. The molecular formula is C13H21N3. The van der Waals surface area contributed by atoms with Crippen molar-refractivity contribution in [2.24, 2.45) is 11.7 Å². The molecule has 0 bridgehead atoms. The number of rotatable bonds is 3. The van der Waals surface area contributed by atoms with Gasteiger partial charge in [0.1, 0.15) is 0 Å². The summed E-state index contributed by atoms with van der Waals surface area (Å²) in [5.74, 6) is 0.825. The summed E-state index contributed by atoms with van der Waals surface area (Å²) in [4.78, 5) is 7.04. The molecule has 1 aromatic rings. The van der Waals surface area contributed by atoms with E-state index in [0.29, 0.717) is 6.54 Å². The zero-order valence-electron chi connectivity index (χ0n) is 10.0. The first-order valence-corrected chi connectivity index (χ1v) is 6.15. The van der Waals surface area contributed by atoms with Gasteiger partial charge in [-0.05, 0) is 37.4 Å². The van der Waals surface area contributed by atoms with Crippen LogP contribution >= 0.6 is 0 Å². The lowest BCUT2D eigenvalue weighted by atomic mass is 10.0. The summed E-state index contributed by atoms with van der Waals surface area (Å²) in [6.45, 7) is 6.24. The van der Waals surface area contributed by atoms with Crippen molar-refractivity contribution >= 4 is 0 Å². The average molecular weight is 219 g/mol. The van der Waals surface area contributed by atoms with Crippen molar-refractivity contribution in [3.63, 3.8) is 0 Å². The molecule has 3 heteroatoms. The van der Waals surface area contributed by atoms with E-state index in [0.717, 1.165) is 23.9 Å². The van der Waals surface area contributed by atoms with Gasteiger partial charge in [0.15, 0.2) is 0 Å². The van der Waals surface area contributed by atoms with Crippen LogP contribution < -0.4 is 5.73 Å². The van der Waals surface area contributed by atoms with E-state index in [-0.39, 0.29) is 0 Å². The van der Waals surface area contributed by atoms with E-state index >= 15 is 0 Å². The average Bonchev–Trinajstić information content (AvgIpc) is 2.29. The molecule has 0 saturated carbocycles. The molecule has 16 heavy (non-hydrogen) atoms. The van der Waals surface area contributed by atoms with Crippen LogP contribution in [0.15, 0.2) is 18.2 Å². The van der Waals surface area contributed by atoms with Crippen molar-refractivity contribution < 1.29 is 0 Å². The second kappa shape index (κ2) is 5.41. The van der Waals surface area contributed by atoms with Gasteiger partial charge >= 0.3 is 0 Å². The number of pyridine rings is 1. The van der Waals surface area contributed by atoms with Gasteiger partial charge in [-0.25, -0.2) is 0 Å². The van der Waals surface area contributed by atoms with E-state index in [2.05, 4.69) is 28.9 Å². The molecule has 1 aliphatic rings. The first-order valence-electron chi connectivity index (χ1n) is 6.15. The number of hydrogen-bond acceptors (Lipinski definition) is 3. The van der Waals surface area contributed by atoms with Gasteiger partial charge in [0.25, 0.3) is 0 Å². The zero-order chi connectivity index (χ0) is 11.4. The Morgan fingerprint density at radius 2 is 2.25 bits per heavy atom. The maximum absolute atomic E-state index is 5.60. The largest absolute Gasteiger partial charge is 0.325 e. The minimum atomic E-state index is 0.532. The molecular weight excluding hydrogens is 198 g/mol. The van der Waals surface area contributed by atoms with E-state index in [1.807, 2.05) is 6.07 Å². The van der Waals surface area contributed by atoms with Crippen molar-refractivity contribution in [1.29, 1.82) is 0 Å². The summed E-state index contributed by atoms with van der Waals surface area (Å²) in [5, 5.41) is 0. The smallest absolute Gasteiger partial charge is 0.0547 e. The lowest BCUT2D eigenvalue weighted by Gasteiger charge is -2.30. The van der Waals surface area contributed by atoms with E-state index in [1.165, 1.54) is 25.9 Å². The maximum Gasteiger partial charge on any atom is 0.0547 e. The van der Waals surface area contributed by atoms with Crippen molar-refractivity contribution in [3.05, 3.63) is 29.6 Å². The molecule has 88 valence electrons. The number of likely N-dealkylation sites (tertiary alicyclic amines) is 1. The first-order chi connectivity index (χ1) is 7.78. The standard InChI is InChI=1S/C13H21N3/c1-11-4-3-7-16(9-11)10-13-6-2-5-12(8-14)15-13/h2,5-6,11H,3-4,7-10,14H2,1H3. The van der Waals surface area contributed by atoms with Gasteiger partial charge in [0, 0.05) is 19.6 Å². The molecule has 2 heterocycles. The van der Waals surface area contributed by atoms with Crippen LogP contribution in [0.5, 0.6) is 0 Å². The molecule has 2 N–H and O–H groups in total. The number of aromatic nitrogens is 1. The SMILES string of the molecule is CC1CCCN(Cc2cccc(CN)n2)C1. The summed E-state index contributed by atoms with van der Waals surface area (Å²) in [6, 6.07) is 6.14. The van der Waals surface area contributed by atoms with E-state index in [1.54, 1.807) is 0 Å². The Bertz CT molecular complexity index is 338. The fourth-order valence-electron chi connectivity index (χ4n) is 2.39. The second-order valence-electron chi connectivity index (χ2n) is 4.81. The van der Waals surface area contributed by atoms with E-state index < -0.39 is 0 Å². The van der Waals surface area contributed by atoms with E-state index in [9.17, 15) is 0 Å². The van der Waals surface area contributed by atoms with Gasteiger partial charge < -0.3 is 5.73 Å². The van der Waals surface area contributed by atoms with Gasteiger partial charge in [-0.15, -0.1) is 0 Å². The highest BCUT2D eigenvalue weighted by molar-refractivity contribution is 5.11. The molecule has 0 radical (unpaired) electrons. The predicted molar refractivity (Wildman–Crippen MR) is 65.8 cm³/mol. The third-order valence-corrected chi connectivity index (χ3v) is 3.20. The van der Waals surface area contributed by atoms with Gasteiger partial charge in [0.05, 0.1) is 11.4 Å². The summed E-state index contributed by atoms with van der Waals surface area (Å²) in [7, 11) is 0. The Hall–Kier alpha value is -0.930. The summed E-state index contributed by atoms with van der Waals surface area (Å²) in [5.41, 5.74) is 7.74. The van der Waals surface area contributed by atoms with Crippen molar-refractivity contribution in [1.82, 2.24) is 9.88 Å². The lowest BCUT2D eigenvalue weighted by Crippen LogP contribution is -2.34. The third-order valence-electron chi connectivity index (χ3n) is 3.20. The Labute approximate surface area is 97.7 Å². The van der Waals surface area contributed by atoms with Crippen LogP contribution in [0, 0.1) is 5.92 Å². The Morgan fingerprint density at radius 3 is 3.00 bits per heavy atom. The lowest BCUT2D eigenvalue weighted by molar-refractivity contribution is 0.175. The van der Waals surface area contributed by atoms with Crippen molar-refractivity contribution in [2.45, 2.75) is 32.9 Å². The zero-order valence-corrected chi connectivity index (χ0v) is 10.0. The maximum atomic E-state index is 5.60. The number of nitrogens with two attached hydrogens (primary N) is 1. The Morgan fingerprint density at radius 1 is 1.44 bits per heavy atom. The first kappa shape index (κ1) is 11.6. The summed E-state index contributed by atoms with van der Waals surface area (Å²) in [6.07, 6.45) is 2.69. The van der Waals surface area contributed by atoms with Gasteiger partial charge in [-0.1, -0.05) is 13.0 Å². The molecule has 0 aliphatic carbocycles. The number of hydrogen-bond donors (Lipinski definition) is 1. The van der Waals surface area contributed by atoms with Crippen molar-refractivity contribution in [3.8, 4) is 0 Å². The molecule has 1 saturated heterocycles. The summed E-state index contributed by atoms with van der Waals surface area (Å²) < 4.78 is 0. The molecule has 2 rings (SSSR count). The second-order valence-corrected chi connectivity index (χ2v) is 4.81. The number of nitrogens with zero attached hydrogens (tertiary/aromatic N) is 2.